The first-order valence-electron chi connectivity index (χ1n) is 22.8. The van der Waals surface area contributed by atoms with E-state index in [2.05, 4.69) is 48.9 Å². The molecule has 17 atom stereocenters. The number of aromatic nitrogens is 3. The fourth-order valence-electron chi connectivity index (χ4n) is 11.8. The van der Waals surface area contributed by atoms with Crippen molar-refractivity contribution in [3.05, 3.63) is 47.4 Å². The number of ether oxygens (including phenoxy) is 8. The maximum absolute atomic E-state index is 15.2. The number of carbonyl (C=O) groups is 2. The number of H-pyrrole nitrogens is 1. The van der Waals surface area contributed by atoms with E-state index in [-0.39, 0.29) is 84.6 Å². The Labute approximate surface area is 361 Å². The molecule has 336 valence electrons. The number of Topliss-reactive ketones (excluding diaryl/α,β-unsaturated/α-hetero) is 1. The Bertz CT molecular complexity index is 1860. The summed E-state index contributed by atoms with van der Waals surface area (Å²) >= 11 is 0. The lowest BCUT2D eigenvalue weighted by Crippen LogP contribution is -2.59. The molecule has 1 N–H and O–H groups in total. The first kappa shape index (κ1) is 44.5. The Kier molecular flexibility index (Phi) is 13.8. The van der Waals surface area contributed by atoms with E-state index in [0.29, 0.717) is 49.5 Å². The van der Waals surface area contributed by atoms with Gasteiger partial charge in [0, 0.05) is 62.9 Å². The van der Waals surface area contributed by atoms with Crippen molar-refractivity contribution in [3.63, 3.8) is 0 Å². The number of cyclic esters (lactones) is 1. The lowest BCUT2D eigenvalue weighted by Gasteiger charge is -2.44. The number of esters is 1. The summed E-state index contributed by atoms with van der Waals surface area (Å²) in [6, 6.07) is 6.10. The third-order valence-electron chi connectivity index (χ3n) is 14.9. The summed E-state index contributed by atoms with van der Waals surface area (Å²) in [4.78, 5) is 45.0. The Morgan fingerprint density at radius 1 is 0.885 bits per heavy atom. The highest BCUT2D eigenvalue weighted by molar-refractivity contribution is 5.99. The lowest BCUT2D eigenvalue weighted by atomic mass is 9.67. The number of likely N-dealkylation sites (N-methyl/N-ethyl adjacent to an activating group) is 1. The van der Waals surface area contributed by atoms with Crippen molar-refractivity contribution >= 4 is 11.8 Å². The highest BCUT2D eigenvalue weighted by atomic mass is 16.7. The summed E-state index contributed by atoms with van der Waals surface area (Å²) in [5, 5.41) is 0. The smallest absolute Gasteiger partial charge is 0.306 e. The molecule has 6 aliphatic rings. The number of aromatic amines is 1. The minimum absolute atomic E-state index is 0.00353. The summed E-state index contributed by atoms with van der Waals surface area (Å²) < 4.78 is 50.4. The Hall–Kier alpha value is -3.08. The third kappa shape index (κ3) is 8.77. The molecule has 0 amide bonds. The van der Waals surface area contributed by atoms with Crippen LogP contribution in [0.4, 0.5) is 0 Å². The van der Waals surface area contributed by atoms with Crippen molar-refractivity contribution in [1.29, 1.82) is 0 Å². The van der Waals surface area contributed by atoms with Crippen molar-refractivity contribution in [1.82, 2.24) is 19.9 Å². The number of carbonyl (C=O) groups excluding carboxylic acids is 2. The molecule has 2 aromatic rings. The Morgan fingerprint density at radius 2 is 1.67 bits per heavy atom. The summed E-state index contributed by atoms with van der Waals surface area (Å²) in [6.07, 6.45) is 6.74. The molecule has 5 heterocycles. The summed E-state index contributed by atoms with van der Waals surface area (Å²) in [5.74, 6) is -0.582. The van der Waals surface area contributed by atoms with Crippen molar-refractivity contribution in [3.8, 4) is 11.5 Å². The van der Waals surface area contributed by atoms with Gasteiger partial charge >= 0.3 is 5.97 Å². The van der Waals surface area contributed by atoms with Gasteiger partial charge in [0.1, 0.15) is 30.1 Å². The number of hydrogen-bond acceptors (Lipinski definition) is 13. The zero-order valence-corrected chi connectivity index (χ0v) is 37.5. The van der Waals surface area contributed by atoms with Crippen molar-refractivity contribution < 1.29 is 47.5 Å². The predicted octanol–water partition coefficient (Wildman–Crippen LogP) is 6.35. The summed E-state index contributed by atoms with van der Waals surface area (Å²) in [6.45, 7) is 8.14. The molecule has 0 spiro atoms. The highest BCUT2D eigenvalue weighted by Gasteiger charge is 2.57. The topological polar surface area (TPSA) is 153 Å². The van der Waals surface area contributed by atoms with Crippen LogP contribution < -0.4 is 0 Å². The first-order valence-corrected chi connectivity index (χ1v) is 22.8. The third-order valence-corrected chi connectivity index (χ3v) is 14.9. The fourth-order valence-corrected chi connectivity index (χ4v) is 11.8. The highest BCUT2D eigenvalue weighted by Crippen LogP contribution is 2.61. The fraction of sp³-hybridized carbons (Fsp3) is 0.745. The maximum Gasteiger partial charge on any atom is 0.306 e. The quantitative estimate of drug-likeness (QED) is 0.265. The predicted molar refractivity (Wildman–Crippen MR) is 225 cm³/mol. The Morgan fingerprint density at radius 3 is 2.36 bits per heavy atom. The monoisotopic (exact) mass is 848 g/mol. The van der Waals surface area contributed by atoms with Crippen LogP contribution in [-0.2, 0) is 47.5 Å². The van der Waals surface area contributed by atoms with E-state index < -0.39 is 30.5 Å². The molecule has 3 saturated heterocycles. The number of allylic oxidation sites excluding steroid dienone is 2. The summed E-state index contributed by atoms with van der Waals surface area (Å²) in [5.41, 5.74) is 3.34. The van der Waals surface area contributed by atoms with Gasteiger partial charge < -0.3 is 47.8 Å². The molecule has 4 fully saturated rings. The van der Waals surface area contributed by atoms with E-state index in [1.807, 2.05) is 32.0 Å². The second-order valence-corrected chi connectivity index (χ2v) is 18.6. The zero-order valence-electron chi connectivity index (χ0n) is 37.5. The van der Waals surface area contributed by atoms with Crippen LogP contribution in [0.15, 0.2) is 36.0 Å². The SMILES string of the molecule is CC[C@H]1CCC[C@H](O[C@H]2CC[C@H](N(C)C)C(C)O2)[C@@H](C)C(=O)C2=C[C@H]3[C@@H]4C[C@H](O[C@@H]5OC(C)[C@H](OC)C(OC)C5OC)C[C@H]4c4nc(-c5ccccn5)[nH]c4[C@H]3[C@@H]2CC(=O)O1. The second-order valence-electron chi connectivity index (χ2n) is 18.6. The number of hydrogen-bond donors (Lipinski definition) is 1. The first-order chi connectivity index (χ1) is 29.4. The number of rotatable bonds is 10. The number of fused-ring (bicyclic) bond motifs is 8. The molecular formula is C47H68N4O10. The van der Waals surface area contributed by atoms with Gasteiger partial charge in [-0.25, -0.2) is 4.98 Å². The molecule has 0 aromatic carbocycles. The number of methoxy groups -OCH3 is 3. The van der Waals surface area contributed by atoms with Gasteiger partial charge in [0.2, 0.25) is 0 Å². The molecule has 61 heavy (non-hydrogen) atoms. The molecule has 3 aliphatic carbocycles. The minimum atomic E-state index is -0.678. The van der Waals surface area contributed by atoms with Crippen LogP contribution >= 0.6 is 0 Å². The van der Waals surface area contributed by atoms with Crippen molar-refractivity contribution in [2.75, 3.05) is 35.4 Å². The molecule has 1 saturated carbocycles. The van der Waals surface area contributed by atoms with E-state index in [0.717, 1.165) is 36.3 Å². The lowest BCUT2D eigenvalue weighted by molar-refractivity contribution is -0.314. The van der Waals surface area contributed by atoms with Crippen LogP contribution in [0.3, 0.4) is 0 Å². The van der Waals surface area contributed by atoms with Crippen LogP contribution in [0.5, 0.6) is 0 Å². The minimum Gasteiger partial charge on any atom is -0.462 e. The summed E-state index contributed by atoms with van der Waals surface area (Å²) in [7, 11) is 9.12. The Balaban J connectivity index is 1.13. The van der Waals surface area contributed by atoms with Gasteiger partial charge in [-0.3, -0.25) is 14.6 Å². The van der Waals surface area contributed by atoms with E-state index in [4.69, 9.17) is 42.9 Å². The van der Waals surface area contributed by atoms with Crippen LogP contribution in [0, 0.1) is 23.7 Å². The second kappa shape index (κ2) is 18.9. The number of ketones is 1. The van der Waals surface area contributed by atoms with E-state index in [1.165, 1.54) is 0 Å². The molecule has 0 bridgehead atoms. The molecule has 14 heteroatoms. The standard InChI is InChI=1S/C47H68N4O10/c1-10-27-14-13-16-36(61-38-18-17-35(51(5)6)25(3)57-38)24(2)42(53)33-22-30-29-20-28(60-47-45(56-9)44(55-8)43(54-7)26(4)58-47)21-32(29)40-41(39(30)31(33)23-37(52)59-27)50-46(49-40)34-15-11-12-19-48-34/h11-12,15,19,22,24-32,35-36,38-39,43-45,47H,10,13-14,16-18,20-21,23H2,1-9H3,(H,49,50)/t24-,25?,26?,27+,28+,29+,30+,31-,32-,35+,36+,38+,39-,43+,44?,45?,47+/m1/s1. The van der Waals surface area contributed by atoms with Crippen molar-refractivity contribution in [2.24, 2.45) is 23.7 Å². The number of nitrogens with one attached hydrogen (secondary N) is 1. The van der Waals surface area contributed by atoms with Crippen LogP contribution in [0.1, 0.15) is 109 Å². The van der Waals surface area contributed by atoms with Crippen molar-refractivity contribution in [2.45, 2.75) is 165 Å². The van der Waals surface area contributed by atoms with Crippen LogP contribution in [0.2, 0.25) is 0 Å². The average Bonchev–Trinajstić information content (AvgIpc) is 3.98. The molecular weight excluding hydrogens is 781 g/mol. The normalized spacial score (nSPS) is 40.6. The van der Waals surface area contributed by atoms with Crippen LogP contribution in [0.25, 0.3) is 11.5 Å². The van der Waals surface area contributed by atoms with E-state index in [9.17, 15) is 4.79 Å². The maximum atomic E-state index is 15.2. The molecule has 0 radical (unpaired) electrons. The molecule has 4 unspecified atom stereocenters. The molecule has 8 rings (SSSR count). The van der Waals surface area contributed by atoms with Gasteiger partial charge in [-0.15, -0.1) is 0 Å². The number of nitrogens with zero attached hydrogens (tertiary/aromatic N) is 3. The molecule has 2 aromatic heterocycles. The molecule has 14 nitrogen and oxygen atoms in total. The van der Waals surface area contributed by atoms with Gasteiger partial charge in [0.15, 0.2) is 24.2 Å². The van der Waals surface area contributed by atoms with Gasteiger partial charge in [0.25, 0.3) is 0 Å². The van der Waals surface area contributed by atoms with E-state index in [1.54, 1.807) is 27.5 Å². The largest absolute Gasteiger partial charge is 0.462 e. The zero-order chi connectivity index (χ0) is 43.1. The van der Waals surface area contributed by atoms with Gasteiger partial charge in [-0.1, -0.05) is 26.0 Å². The van der Waals surface area contributed by atoms with Crippen LogP contribution in [-0.4, -0.2) is 134 Å². The van der Waals surface area contributed by atoms with E-state index >= 15 is 4.79 Å². The average molecular weight is 849 g/mol. The number of imidazole rings is 1. The van der Waals surface area contributed by atoms with Gasteiger partial charge in [-0.05, 0) is 109 Å². The molecule has 3 aliphatic heterocycles. The number of pyridine rings is 1. The van der Waals surface area contributed by atoms with Gasteiger partial charge in [0.05, 0.1) is 36.5 Å². The van der Waals surface area contributed by atoms with Gasteiger partial charge in [-0.2, -0.15) is 0 Å².